The maximum Gasteiger partial charge on any atom is 0.263 e. The maximum atomic E-state index is 9.64. The van der Waals surface area contributed by atoms with E-state index in [1.807, 2.05) is 31.2 Å². The van der Waals surface area contributed by atoms with Gasteiger partial charge in [-0.05, 0) is 61.4 Å². The lowest BCUT2D eigenvalue weighted by Crippen LogP contribution is -2.09. The summed E-state index contributed by atoms with van der Waals surface area (Å²) >= 11 is 0. The Morgan fingerprint density at radius 3 is 2.86 bits per heavy atom. The van der Waals surface area contributed by atoms with E-state index in [1.54, 1.807) is 12.3 Å². The first kappa shape index (κ1) is 18.5. The van der Waals surface area contributed by atoms with Crippen LogP contribution < -0.4 is 4.74 Å². The molecular weight excluding hydrogens is 354 g/mol. The van der Waals surface area contributed by atoms with Gasteiger partial charge < -0.3 is 14.4 Å². The van der Waals surface area contributed by atoms with Crippen molar-refractivity contribution in [3.8, 4) is 23.1 Å². The van der Waals surface area contributed by atoms with Gasteiger partial charge in [0.15, 0.2) is 5.82 Å². The Kier molecular flexibility index (Phi) is 5.55. The molecule has 0 unspecified atom stereocenters. The highest BCUT2D eigenvalue weighted by molar-refractivity contribution is 5.59. The lowest BCUT2D eigenvalue weighted by Gasteiger charge is -2.11. The number of hydrogen-bond donors (Lipinski definition) is 1. The van der Waals surface area contributed by atoms with Gasteiger partial charge >= 0.3 is 0 Å². The number of rotatable bonds is 7. The van der Waals surface area contributed by atoms with Gasteiger partial charge in [0.05, 0.1) is 6.61 Å². The third-order valence-corrected chi connectivity index (χ3v) is 5.30. The Bertz CT molecular complexity index is 932. The van der Waals surface area contributed by atoms with Gasteiger partial charge in [0.1, 0.15) is 11.3 Å². The van der Waals surface area contributed by atoms with Crippen molar-refractivity contribution in [3.05, 3.63) is 53.5 Å². The summed E-state index contributed by atoms with van der Waals surface area (Å²) in [5.41, 5.74) is 2.73. The third-order valence-electron chi connectivity index (χ3n) is 5.30. The standard InChI is InChI=1S/C22H25N3O3/c1-15-13-16(8-10-19(15)26)9-11-20-24-22(28-25-20)18-7-4-12-23-21(18)27-14-17-5-2-3-6-17/h4,7-8,10,12-13,17,26H,2-3,5-6,9,11,14H2,1H3. The molecule has 0 bridgehead atoms. The number of phenols is 1. The van der Waals surface area contributed by atoms with Gasteiger partial charge in [-0.1, -0.05) is 30.1 Å². The molecule has 0 radical (unpaired) electrons. The fraction of sp³-hybridized carbons (Fsp3) is 0.409. The first-order valence-corrected chi connectivity index (χ1v) is 9.88. The van der Waals surface area contributed by atoms with Crippen LogP contribution in [0.5, 0.6) is 11.6 Å². The highest BCUT2D eigenvalue weighted by Crippen LogP contribution is 2.29. The van der Waals surface area contributed by atoms with Crippen molar-refractivity contribution in [3.63, 3.8) is 0 Å². The molecule has 146 valence electrons. The summed E-state index contributed by atoms with van der Waals surface area (Å²) in [4.78, 5) is 8.89. The van der Waals surface area contributed by atoms with Gasteiger partial charge in [-0.3, -0.25) is 0 Å². The molecule has 0 saturated heterocycles. The van der Waals surface area contributed by atoms with Crippen molar-refractivity contribution < 1.29 is 14.4 Å². The van der Waals surface area contributed by atoms with Gasteiger partial charge in [-0.2, -0.15) is 4.98 Å². The number of benzene rings is 1. The quantitative estimate of drug-likeness (QED) is 0.651. The largest absolute Gasteiger partial charge is 0.508 e. The lowest BCUT2D eigenvalue weighted by molar-refractivity contribution is 0.244. The topological polar surface area (TPSA) is 81.3 Å². The predicted molar refractivity (Wildman–Crippen MR) is 105 cm³/mol. The van der Waals surface area contributed by atoms with Crippen molar-refractivity contribution in [1.29, 1.82) is 0 Å². The van der Waals surface area contributed by atoms with Gasteiger partial charge in [0.25, 0.3) is 5.89 Å². The molecule has 4 rings (SSSR count). The fourth-order valence-corrected chi connectivity index (χ4v) is 3.64. The Labute approximate surface area is 164 Å². The van der Waals surface area contributed by atoms with Crippen LogP contribution in [0.25, 0.3) is 11.5 Å². The number of aryl methyl sites for hydroxylation is 3. The Hall–Kier alpha value is -2.89. The van der Waals surface area contributed by atoms with Crippen LogP contribution in [0.1, 0.15) is 42.6 Å². The summed E-state index contributed by atoms with van der Waals surface area (Å²) in [7, 11) is 0. The summed E-state index contributed by atoms with van der Waals surface area (Å²) in [5.74, 6) is 2.56. The van der Waals surface area contributed by atoms with Gasteiger partial charge in [-0.15, -0.1) is 0 Å². The van der Waals surface area contributed by atoms with Gasteiger partial charge in [0.2, 0.25) is 5.88 Å². The van der Waals surface area contributed by atoms with Crippen molar-refractivity contribution in [2.45, 2.75) is 45.4 Å². The number of nitrogens with zero attached hydrogens (tertiary/aromatic N) is 3. The van der Waals surface area contributed by atoms with Crippen molar-refractivity contribution in [2.24, 2.45) is 5.92 Å². The minimum Gasteiger partial charge on any atom is -0.508 e. The molecular formula is C22H25N3O3. The van der Waals surface area contributed by atoms with E-state index in [9.17, 15) is 5.11 Å². The minimum absolute atomic E-state index is 0.312. The maximum absolute atomic E-state index is 9.64. The van der Waals surface area contributed by atoms with E-state index in [4.69, 9.17) is 9.26 Å². The first-order chi connectivity index (χ1) is 13.7. The van der Waals surface area contributed by atoms with Crippen molar-refractivity contribution in [2.75, 3.05) is 6.61 Å². The van der Waals surface area contributed by atoms with Gasteiger partial charge in [0, 0.05) is 12.6 Å². The van der Waals surface area contributed by atoms with Crippen LogP contribution in [0, 0.1) is 12.8 Å². The fourth-order valence-electron chi connectivity index (χ4n) is 3.64. The van der Waals surface area contributed by atoms with E-state index in [0.29, 0.717) is 42.3 Å². The average Bonchev–Trinajstić information content (AvgIpc) is 3.39. The van der Waals surface area contributed by atoms with Crippen LogP contribution in [-0.2, 0) is 12.8 Å². The minimum atomic E-state index is 0.312. The second-order valence-electron chi connectivity index (χ2n) is 7.45. The molecule has 28 heavy (non-hydrogen) atoms. The molecule has 1 N–H and O–H groups in total. The van der Waals surface area contributed by atoms with Crippen LogP contribution in [0.15, 0.2) is 41.1 Å². The van der Waals surface area contributed by atoms with E-state index in [-0.39, 0.29) is 0 Å². The van der Waals surface area contributed by atoms with Crippen LogP contribution in [0.2, 0.25) is 0 Å². The molecule has 0 aliphatic heterocycles. The van der Waals surface area contributed by atoms with Crippen LogP contribution >= 0.6 is 0 Å². The third kappa shape index (κ3) is 4.32. The number of aromatic hydroxyl groups is 1. The molecule has 3 aromatic rings. The summed E-state index contributed by atoms with van der Waals surface area (Å²) in [6.45, 7) is 2.58. The van der Waals surface area contributed by atoms with E-state index in [0.717, 1.165) is 23.1 Å². The van der Waals surface area contributed by atoms with E-state index in [2.05, 4.69) is 15.1 Å². The number of pyridine rings is 1. The van der Waals surface area contributed by atoms with E-state index < -0.39 is 0 Å². The zero-order valence-electron chi connectivity index (χ0n) is 16.1. The van der Waals surface area contributed by atoms with Gasteiger partial charge in [-0.25, -0.2) is 4.98 Å². The van der Waals surface area contributed by atoms with Crippen molar-refractivity contribution >= 4 is 0 Å². The molecule has 6 nitrogen and oxygen atoms in total. The molecule has 6 heteroatoms. The number of aromatic nitrogens is 3. The summed E-state index contributed by atoms with van der Waals surface area (Å²) in [5, 5.41) is 13.7. The highest BCUT2D eigenvalue weighted by Gasteiger charge is 2.19. The van der Waals surface area contributed by atoms with Crippen LogP contribution in [0.4, 0.5) is 0 Å². The molecule has 2 aromatic heterocycles. The number of phenolic OH excluding ortho intramolecular Hbond substituents is 1. The predicted octanol–water partition coefficient (Wildman–Crippen LogP) is 4.50. The molecule has 1 saturated carbocycles. The molecule has 1 aliphatic carbocycles. The molecule has 0 spiro atoms. The summed E-state index contributed by atoms with van der Waals surface area (Å²) in [6.07, 6.45) is 8.18. The first-order valence-electron chi connectivity index (χ1n) is 9.88. The van der Waals surface area contributed by atoms with Crippen LogP contribution in [-0.4, -0.2) is 26.8 Å². The molecule has 0 atom stereocenters. The Morgan fingerprint density at radius 2 is 2.04 bits per heavy atom. The normalized spacial score (nSPS) is 14.5. The number of hydrogen-bond acceptors (Lipinski definition) is 6. The summed E-state index contributed by atoms with van der Waals surface area (Å²) < 4.78 is 11.4. The van der Waals surface area contributed by atoms with E-state index >= 15 is 0 Å². The zero-order chi connectivity index (χ0) is 19.3. The number of ether oxygens (including phenoxy) is 1. The van der Waals surface area contributed by atoms with E-state index in [1.165, 1.54) is 25.7 Å². The SMILES string of the molecule is Cc1cc(CCc2noc(-c3cccnc3OCC3CCCC3)n2)ccc1O. The Morgan fingerprint density at radius 1 is 1.18 bits per heavy atom. The molecule has 1 aromatic carbocycles. The van der Waals surface area contributed by atoms with Crippen LogP contribution in [0.3, 0.4) is 0 Å². The molecule has 0 amide bonds. The highest BCUT2D eigenvalue weighted by atomic mass is 16.5. The second kappa shape index (κ2) is 8.42. The molecule has 2 heterocycles. The van der Waals surface area contributed by atoms with Crippen molar-refractivity contribution in [1.82, 2.24) is 15.1 Å². The monoisotopic (exact) mass is 379 g/mol. The average molecular weight is 379 g/mol. The second-order valence-corrected chi connectivity index (χ2v) is 7.45. The molecule has 1 fully saturated rings. The summed E-state index contributed by atoms with van der Waals surface area (Å²) in [6, 6.07) is 9.36. The smallest absolute Gasteiger partial charge is 0.263 e. The lowest BCUT2D eigenvalue weighted by atomic mass is 10.1. The zero-order valence-corrected chi connectivity index (χ0v) is 16.1. The Balaban J connectivity index is 1.42. The molecule has 1 aliphatic rings.